The first-order valence-corrected chi connectivity index (χ1v) is 13.5. The van der Waals surface area contributed by atoms with E-state index in [9.17, 15) is 4.79 Å². The number of hydrogen-bond donors (Lipinski definition) is 1. The summed E-state index contributed by atoms with van der Waals surface area (Å²) in [5.41, 5.74) is 3.81. The number of hydrogen-bond acceptors (Lipinski definition) is 2. The van der Waals surface area contributed by atoms with E-state index in [2.05, 4.69) is 79.5 Å². The van der Waals surface area contributed by atoms with Gasteiger partial charge in [0.05, 0.1) is 25.1 Å². The third-order valence-electron chi connectivity index (χ3n) is 9.15. The van der Waals surface area contributed by atoms with Crippen molar-refractivity contribution < 1.29 is 27.3 Å². The number of carbonyl (C=O) groups is 1. The molecule has 2 aromatic rings. The Kier molecular flexibility index (Phi) is 8.12. The summed E-state index contributed by atoms with van der Waals surface area (Å²) in [6.45, 7) is 10.2. The number of rotatable bonds is 5. The number of amides is 1. The van der Waals surface area contributed by atoms with Crippen molar-refractivity contribution in [3.63, 3.8) is 0 Å². The van der Waals surface area contributed by atoms with Crippen LogP contribution in [0.5, 0.6) is 5.75 Å². The Hall–Kier alpha value is -2.04. The Labute approximate surface area is 217 Å². The second-order valence-electron chi connectivity index (χ2n) is 10.8. The fourth-order valence-corrected chi connectivity index (χ4v) is 7.20. The molecule has 1 amide bonds. The molecule has 3 aliphatic rings. The second kappa shape index (κ2) is 10.9. The Morgan fingerprint density at radius 2 is 1.94 bits per heavy atom. The lowest BCUT2D eigenvalue weighted by Gasteiger charge is -2.46. The molecular formula is C30H41ClN2O2. The molecule has 2 aromatic carbocycles. The van der Waals surface area contributed by atoms with Crippen molar-refractivity contribution in [2.75, 3.05) is 26.2 Å². The zero-order valence-corrected chi connectivity index (χ0v) is 22.3. The molecule has 190 valence electrons. The zero-order chi connectivity index (χ0) is 23.7. The topological polar surface area (TPSA) is 46.2 Å². The molecule has 4 nitrogen and oxygen atoms in total. The lowest BCUT2D eigenvalue weighted by atomic mass is 9.67. The minimum Gasteiger partial charge on any atom is -1.00 e. The maximum atomic E-state index is 14.4. The van der Waals surface area contributed by atoms with Gasteiger partial charge in [-0.2, -0.15) is 0 Å². The first kappa shape index (κ1) is 26.0. The maximum absolute atomic E-state index is 14.4. The van der Waals surface area contributed by atoms with Gasteiger partial charge in [-0.1, -0.05) is 69.2 Å². The van der Waals surface area contributed by atoms with Crippen LogP contribution in [0.3, 0.4) is 0 Å². The molecule has 2 N–H and O–H groups in total. The third kappa shape index (κ3) is 4.72. The van der Waals surface area contributed by atoms with Crippen molar-refractivity contribution in [1.29, 1.82) is 0 Å². The number of quaternary nitrogens is 1. The van der Waals surface area contributed by atoms with Crippen molar-refractivity contribution in [3.05, 3.63) is 65.2 Å². The molecule has 2 fully saturated rings. The number of nitrogens with zero attached hydrogens (tertiary/aromatic N) is 1. The van der Waals surface area contributed by atoms with Gasteiger partial charge in [0.1, 0.15) is 11.7 Å². The average molecular weight is 497 g/mol. The number of piperidine rings is 1. The van der Waals surface area contributed by atoms with Crippen molar-refractivity contribution in [3.8, 4) is 5.75 Å². The van der Waals surface area contributed by atoms with E-state index in [1.807, 2.05) is 0 Å². The molecule has 0 aliphatic carbocycles. The van der Waals surface area contributed by atoms with Crippen LogP contribution >= 0.6 is 0 Å². The predicted molar refractivity (Wildman–Crippen MR) is 136 cm³/mol. The molecule has 0 radical (unpaired) electrons. The minimum atomic E-state index is -0.104. The van der Waals surface area contributed by atoms with Gasteiger partial charge in [-0.15, -0.1) is 0 Å². The predicted octanol–water partition coefficient (Wildman–Crippen LogP) is 1.42. The van der Waals surface area contributed by atoms with Crippen LogP contribution in [0.15, 0.2) is 48.5 Å². The van der Waals surface area contributed by atoms with Crippen LogP contribution in [-0.4, -0.2) is 43.1 Å². The van der Waals surface area contributed by atoms with Crippen LogP contribution < -0.4 is 22.5 Å². The third-order valence-corrected chi connectivity index (χ3v) is 9.15. The van der Waals surface area contributed by atoms with Gasteiger partial charge < -0.3 is 27.4 Å². The van der Waals surface area contributed by atoms with Gasteiger partial charge in [-0.25, -0.2) is 0 Å². The Morgan fingerprint density at radius 3 is 2.69 bits per heavy atom. The highest BCUT2D eigenvalue weighted by Gasteiger charge is 2.55. The maximum Gasteiger partial charge on any atom is 0.232 e. The molecular weight excluding hydrogens is 456 g/mol. The summed E-state index contributed by atoms with van der Waals surface area (Å²) in [7, 11) is 0. The van der Waals surface area contributed by atoms with E-state index in [-0.39, 0.29) is 23.7 Å². The number of ether oxygens (including phenoxy) is 1. The van der Waals surface area contributed by atoms with Crippen LogP contribution in [0, 0.1) is 18.8 Å². The lowest BCUT2D eigenvalue weighted by molar-refractivity contribution is -0.640. The largest absolute Gasteiger partial charge is 1.00 e. The van der Waals surface area contributed by atoms with Gasteiger partial charge in [-0.3, -0.25) is 4.79 Å². The van der Waals surface area contributed by atoms with Crippen molar-refractivity contribution in [1.82, 2.24) is 4.90 Å². The van der Waals surface area contributed by atoms with Gasteiger partial charge in [0.25, 0.3) is 0 Å². The number of carbonyl (C=O) groups excluding carboxylic acids is 1. The zero-order valence-electron chi connectivity index (χ0n) is 21.5. The van der Waals surface area contributed by atoms with E-state index >= 15 is 0 Å². The number of nitrogens with two attached hydrogens (primary N) is 1. The van der Waals surface area contributed by atoms with Gasteiger partial charge >= 0.3 is 0 Å². The fourth-order valence-electron chi connectivity index (χ4n) is 7.20. The quantitative estimate of drug-likeness (QED) is 0.680. The summed E-state index contributed by atoms with van der Waals surface area (Å²) in [4.78, 5) is 16.7. The van der Waals surface area contributed by atoms with Gasteiger partial charge in [-0.05, 0) is 55.2 Å². The molecule has 0 saturated carbocycles. The lowest BCUT2D eigenvalue weighted by Crippen LogP contribution is -3.00. The number of aryl methyl sites for hydroxylation is 1. The minimum absolute atomic E-state index is 0. The summed E-state index contributed by atoms with van der Waals surface area (Å²) in [6.07, 6.45) is 5.35. The second-order valence-corrected chi connectivity index (χ2v) is 10.8. The van der Waals surface area contributed by atoms with Crippen molar-refractivity contribution >= 4 is 5.91 Å². The first-order valence-electron chi connectivity index (χ1n) is 13.5. The van der Waals surface area contributed by atoms with E-state index in [1.54, 1.807) is 0 Å². The Morgan fingerprint density at radius 1 is 1.17 bits per heavy atom. The molecule has 3 aliphatic heterocycles. The molecule has 5 rings (SSSR count). The standard InChI is InChI=1S/C30H40N2O2.ClH/c1-4-22(5-2)27-18-24(23-9-7-6-8-10-23)13-15-32(27)29(33)26-19-31-20-30(26)14-16-34-28-17-21(3)11-12-25(28)30;/h6-12,17,22,24,26-27,31H,4-5,13-16,18-20H2,1-3H3;1H/t24?,26-,27?,30-;/m0./s1. The van der Waals surface area contributed by atoms with E-state index in [1.165, 1.54) is 16.7 Å². The number of fused-ring (bicyclic) bond motifs is 2. The molecule has 35 heavy (non-hydrogen) atoms. The van der Waals surface area contributed by atoms with E-state index in [4.69, 9.17) is 4.74 Å². The monoisotopic (exact) mass is 496 g/mol. The summed E-state index contributed by atoms with van der Waals surface area (Å²) >= 11 is 0. The van der Waals surface area contributed by atoms with Gasteiger partial charge in [0, 0.05) is 18.2 Å². The van der Waals surface area contributed by atoms with Crippen molar-refractivity contribution in [2.45, 2.75) is 70.3 Å². The van der Waals surface area contributed by atoms with Crippen LogP contribution in [0.1, 0.15) is 68.6 Å². The molecule has 4 atom stereocenters. The summed E-state index contributed by atoms with van der Waals surface area (Å²) in [6, 6.07) is 17.9. The Bertz CT molecular complexity index is 1010. The van der Waals surface area contributed by atoms with Crippen LogP contribution in [0.25, 0.3) is 0 Å². The molecule has 2 saturated heterocycles. The number of benzene rings is 2. The molecule has 3 heterocycles. The first-order chi connectivity index (χ1) is 16.6. The molecule has 0 bridgehead atoms. The van der Waals surface area contributed by atoms with E-state index in [0.717, 1.165) is 57.5 Å². The van der Waals surface area contributed by atoms with Crippen molar-refractivity contribution in [2.24, 2.45) is 11.8 Å². The molecule has 0 aromatic heterocycles. The van der Waals surface area contributed by atoms with E-state index < -0.39 is 0 Å². The van der Waals surface area contributed by atoms with Gasteiger partial charge in [0.15, 0.2) is 0 Å². The highest BCUT2D eigenvalue weighted by Crippen LogP contribution is 2.46. The molecule has 1 spiro atoms. The molecule has 2 unspecified atom stereocenters. The summed E-state index contributed by atoms with van der Waals surface area (Å²) in [5, 5.41) is 2.38. The Balaban J connectivity index is 0.00000289. The fraction of sp³-hybridized carbons (Fsp3) is 0.567. The summed E-state index contributed by atoms with van der Waals surface area (Å²) < 4.78 is 6.08. The SMILES string of the molecule is CCC(CC)C1CC(c2ccccc2)CCN1C(=O)[C@@H]1C[NH2+]C[C@]12CCOc1cc(C)ccc12.[Cl-]. The highest BCUT2D eigenvalue weighted by atomic mass is 35.5. The smallest absolute Gasteiger partial charge is 0.232 e. The van der Waals surface area contributed by atoms with Gasteiger partial charge in [0.2, 0.25) is 5.91 Å². The van der Waals surface area contributed by atoms with Crippen LogP contribution in [0.2, 0.25) is 0 Å². The average Bonchev–Trinajstić information content (AvgIpc) is 3.28. The van der Waals surface area contributed by atoms with Crippen LogP contribution in [-0.2, 0) is 10.2 Å². The highest BCUT2D eigenvalue weighted by molar-refractivity contribution is 5.82. The van der Waals surface area contributed by atoms with Crippen LogP contribution in [0.4, 0.5) is 0 Å². The van der Waals surface area contributed by atoms with E-state index in [0.29, 0.717) is 30.4 Å². The summed E-state index contributed by atoms with van der Waals surface area (Å²) in [5.74, 6) is 2.53. The normalized spacial score (nSPS) is 27.9. The number of likely N-dealkylation sites (tertiary alicyclic amines) is 1. The number of halogens is 1. The molecule has 5 heteroatoms.